The fourth-order valence-electron chi connectivity index (χ4n) is 1.75. The van der Waals surface area contributed by atoms with E-state index in [9.17, 15) is 13.6 Å². The first kappa shape index (κ1) is 11.5. The Bertz CT molecular complexity index is 790. The summed E-state index contributed by atoms with van der Waals surface area (Å²) in [6.07, 6.45) is 1.41. The van der Waals surface area contributed by atoms with Crippen LogP contribution in [0.1, 0.15) is 5.56 Å². The highest BCUT2D eigenvalue weighted by Gasteiger charge is 2.12. The number of aromatic nitrogens is 5. The minimum atomic E-state index is -0.667. The van der Waals surface area contributed by atoms with Gasteiger partial charge in [-0.25, -0.2) is 13.9 Å². The Morgan fingerprint density at radius 1 is 1.26 bits per heavy atom. The maximum absolute atomic E-state index is 13.5. The maximum atomic E-state index is 13.5. The van der Waals surface area contributed by atoms with Crippen molar-refractivity contribution in [2.45, 2.75) is 6.54 Å². The van der Waals surface area contributed by atoms with Gasteiger partial charge in [0.15, 0.2) is 5.52 Å². The van der Waals surface area contributed by atoms with Gasteiger partial charge in [-0.3, -0.25) is 9.48 Å². The second-order valence-electron chi connectivity index (χ2n) is 3.90. The quantitative estimate of drug-likeness (QED) is 0.743. The minimum Gasteiger partial charge on any atom is -0.265 e. The highest BCUT2D eigenvalue weighted by atomic mass is 19.1. The van der Waals surface area contributed by atoms with Gasteiger partial charge in [-0.1, -0.05) is 11.3 Å². The van der Waals surface area contributed by atoms with Crippen molar-refractivity contribution in [2.24, 2.45) is 0 Å². The van der Waals surface area contributed by atoms with Crippen LogP contribution in [0.25, 0.3) is 11.0 Å². The van der Waals surface area contributed by atoms with E-state index in [1.54, 1.807) is 0 Å². The molecule has 0 aliphatic heterocycles. The Kier molecular flexibility index (Phi) is 2.55. The zero-order chi connectivity index (χ0) is 13.4. The van der Waals surface area contributed by atoms with Crippen molar-refractivity contribution in [2.75, 3.05) is 0 Å². The molecule has 96 valence electrons. The lowest BCUT2D eigenvalue weighted by Gasteiger charge is -2.04. The molecule has 1 aromatic carbocycles. The molecule has 0 saturated heterocycles. The zero-order valence-electron chi connectivity index (χ0n) is 9.47. The average Bonchev–Trinajstić information content (AvgIpc) is 2.78. The van der Waals surface area contributed by atoms with Gasteiger partial charge in [0.1, 0.15) is 17.2 Å². The van der Waals surface area contributed by atoms with Crippen molar-refractivity contribution < 1.29 is 8.78 Å². The lowest BCUT2D eigenvalue weighted by molar-refractivity contribution is 0.534. The molecule has 1 N–H and O–H groups in total. The summed E-state index contributed by atoms with van der Waals surface area (Å²) in [6, 6.07) is 3.60. The van der Waals surface area contributed by atoms with Crippen LogP contribution in [-0.4, -0.2) is 25.2 Å². The highest BCUT2D eigenvalue weighted by Crippen LogP contribution is 2.14. The lowest BCUT2D eigenvalue weighted by atomic mass is 10.2. The van der Waals surface area contributed by atoms with E-state index < -0.39 is 17.2 Å². The van der Waals surface area contributed by atoms with Crippen LogP contribution in [0.5, 0.6) is 0 Å². The SMILES string of the molecule is O=c1[nH]nnc2cn(Cc3c(F)cccc3F)nc12. The monoisotopic (exact) mass is 263 g/mol. The molecular formula is C11H7F2N5O. The Balaban J connectivity index is 2.07. The van der Waals surface area contributed by atoms with E-state index in [0.29, 0.717) is 0 Å². The molecule has 0 atom stereocenters. The van der Waals surface area contributed by atoms with E-state index in [1.165, 1.54) is 16.9 Å². The van der Waals surface area contributed by atoms with Crippen molar-refractivity contribution in [1.82, 2.24) is 25.2 Å². The number of hydrogen-bond donors (Lipinski definition) is 1. The summed E-state index contributed by atoms with van der Waals surface area (Å²) in [6.45, 7) is -0.131. The number of halogens is 2. The fourth-order valence-corrected chi connectivity index (χ4v) is 1.75. The van der Waals surface area contributed by atoms with Gasteiger partial charge >= 0.3 is 0 Å². The molecule has 0 aliphatic rings. The Hall–Kier alpha value is -2.64. The topological polar surface area (TPSA) is 76.5 Å². The first-order valence-electron chi connectivity index (χ1n) is 5.36. The summed E-state index contributed by atoms with van der Waals surface area (Å²) in [5, 5.41) is 13.1. The van der Waals surface area contributed by atoms with Gasteiger partial charge in [-0.15, -0.1) is 5.10 Å². The third kappa shape index (κ3) is 1.96. The average molecular weight is 263 g/mol. The van der Waals surface area contributed by atoms with Gasteiger partial charge in [0.2, 0.25) is 0 Å². The van der Waals surface area contributed by atoms with E-state index in [4.69, 9.17) is 0 Å². The molecule has 0 saturated carbocycles. The molecule has 0 spiro atoms. The Morgan fingerprint density at radius 3 is 2.68 bits per heavy atom. The Labute approximate surface area is 104 Å². The molecule has 0 bridgehead atoms. The van der Waals surface area contributed by atoms with E-state index in [-0.39, 0.29) is 23.1 Å². The third-order valence-electron chi connectivity index (χ3n) is 2.65. The van der Waals surface area contributed by atoms with Crippen LogP contribution in [0.15, 0.2) is 29.2 Å². The minimum absolute atomic E-state index is 0.0757. The largest absolute Gasteiger partial charge is 0.295 e. The van der Waals surface area contributed by atoms with Crippen LogP contribution in [0.3, 0.4) is 0 Å². The van der Waals surface area contributed by atoms with Crippen LogP contribution in [0.4, 0.5) is 8.78 Å². The van der Waals surface area contributed by atoms with Crippen molar-refractivity contribution in [3.05, 3.63) is 51.9 Å². The molecule has 0 aliphatic carbocycles. The van der Waals surface area contributed by atoms with Gasteiger partial charge in [0.05, 0.1) is 12.7 Å². The first-order chi connectivity index (χ1) is 9.15. The van der Waals surface area contributed by atoms with Crippen molar-refractivity contribution in [3.63, 3.8) is 0 Å². The van der Waals surface area contributed by atoms with Crippen LogP contribution in [0.2, 0.25) is 0 Å². The summed E-state index contributed by atoms with van der Waals surface area (Å²) in [5.74, 6) is -1.33. The summed E-state index contributed by atoms with van der Waals surface area (Å²) in [5.41, 5.74) is -0.287. The first-order valence-corrected chi connectivity index (χ1v) is 5.36. The molecule has 0 unspecified atom stereocenters. The molecule has 3 aromatic rings. The van der Waals surface area contributed by atoms with E-state index in [1.807, 2.05) is 0 Å². The maximum Gasteiger partial charge on any atom is 0.295 e. The molecule has 19 heavy (non-hydrogen) atoms. The second kappa shape index (κ2) is 4.23. The predicted octanol–water partition coefficient (Wildman–Crippen LogP) is 0.841. The molecule has 0 fully saturated rings. The van der Waals surface area contributed by atoms with E-state index in [0.717, 1.165) is 12.1 Å². The number of nitrogens with one attached hydrogen (secondary N) is 1. The molecule has 3 rings (SSSR count). The number of H-pyrrole nitrogens is 1. The molecule has 0 amide bonds. The zero-order valence-corrected chi connectivity index (χ0v) is 9.47. The fraction of sp³-hybridized carbons (Fsp3) is 0.0909. The van der Waals surface area contributed by atoms with Crippen LogP contribution >= 0.6 is 0 Å². The van der Waals surface area contributed by atoms with Crippen LogP contribution in [-0.2, 0) is 6.54 Å². The van der Waals surface area contributed by atoms with Gasteiger partial charge in [-0.05, 0) is 12.1 Å². The standard InChI is InChI=1S/C11H7F2N5O/c12-7-2-1-3-8(13)6(7)4-18-5-9-10(16-18)11(19)15-17-14-9/h1-3,5H,4H2,(H,14,15,19). The molecule has 2 aromatic heterocycles. The lowest BCUT2D eigenvalue weighted by Crippen LogP contribution is -2.10. The Morgan fingerprint density at radius 2 is 2.00 bits per heavy atom. The second-order valence-corrected chi connectivity index (χ2v) is 3.90. The van der Waals surface area contributed by atoms with Gasteiger partial charge in [-0.2, -0.15) is 5.10 Å². The van der Waals surface area contributed by atoms with Gasteiger partial charge < -0.3 is 0 Å². The van der Waals surface area contributed by atoms with Crippen molar-refractivity contribution in [1.29, 1.82) is 0 Å². The van der Waals surface area contributed by atoms with Crippen molar-refractivity contribution >= 4 is 11.0 Å². The summed E-state index contributed by atoms with van der Waals surface area (Å²) < 4.78 is 28.2. The van der Waals surface area contributed by atoms with Crippen LogP contribution in [0, 0.1) is 11.6 Å². The molecule has 6 nitrogen and oxygen atoms in total. The molecule has 8 heteroatoms. The van der Waals surface area contributed by atoms with Crippen LogP contribution < -0.4 is 5.56 Å². The molecular weight excluding hydrogens is 256 g/mol. The number of benzene rings is 1. The molecule has 2 heterocycles. The smallest absolute Gasteiger partial charge is 0.265 e. The number of hydrogen-bond acceptors (Lipinski definition) is 4. The van der Waals surface area contributed by atoms with E-state index >= 15 is 0 Å². The normalized spacial score (nSPS) is 11.1. The summed E-state index contributed by atoms with van der Waals surface area (Å²) >= 11 is 0. The number of aromatic amines is 1. The highest BCUT2D eigenvalue weighted by molar-refractivity contribution is 5.70. The van der Waals surface area contributed by atoms with E-state index in [2.05, 4.69) is 20.5 Å². The number of fused-ring (bicyclic) bond motifs is 1. The predicted molar refractivity (Wildman–Crippen MR) is 61.4 cm³/mol. The molecule has 0 radical (unpaired) electrons. The summed E-state index contributed by atoms with van der Waals surface area (Å²) in [4.78, 5) is 11.4. The number of rotatable bonds is 2. The third-order valence-corrected chi connectivity index (χ3v) is 2.65. The van der Waals surface area contributed by atoms with Gasteiger partial charge in [0, 0.05) is 5.56 Å². The van der Waals surface area contributed by atoms with Crippen molar-refractivity contribution in [3.8, 4) is 0 Å². The van der Waals surface area contributed by atoms with Gasteiger partial charge in [0.25, 0.3) is 5.56 Å². The summed E-state index contributed by atoms with van der Waals surface area (Å²) in [7, 11) is 0. The number of nitrogens with zero attached hydrogens (tertiary/aromatic N) is 4.